The number of carbonyl (C=O) groups excluding carboxylic acids is 1. The monoisotopic (exact) mass is 490 g/mol. The van der Waals surface area contributed by atoms with E-state index >= 15 is 0 Å². The molecule has 0 bridgehead atoms. The summed E-state index contributed by atoms with van der Waals surface area (Å²) >= 11 is 1.23. The molecule has 0 unspecified atom stereocenters. The molecule has 1 heterocycles. The molecular weight excluding hydrogens is 468 g/mol. The quantitative estimate of drug-likeness (QED) is 0.202. The lowest BCUT2D eigenvalue weighted by atomic mass is 10.1. The summed E-state index contributed by atoms with van der Waals surface area (Å²) in [5.41, 5.74) is 3.04. The number of rotatable bonds is 7. The Morgan fingerprint density at radius 1 is 1.03 bits per heavy atom. The fourth-order valence-corrected chi connectivity index (χ4v) is 5.38. The average Bonchev–Trinajstić information content (AvgIpc) is 3.22. The van der Waals surface area contributed by atoms with Gasteiger partial charge in [0.2, 0.25) is 4.80 Å². The van der Waals surface area contributed by atoms with Gasteiger partial charge in [-0.05, 0) is 61.0 Å². The van der Waals surface area contributed by atoms with Crippen LogP contribution in [0.3, 0.4) is 0 Å². The number of aryl methyl sites for hydroxylation is 1. The van der Waals surface area contributed by atoms with E-state index in [1.165, 1.54) is 11.3 Å². The maximum atomic E-state index is 12.8. The Balaban J connectivity index is 1.64. The van der Waals surface area contributed by atoms with E-state index in [-0.39, 0.29) is 4.90 Å². The summed E-state index contributed by atoms with van der Waals surface area (Å²) in [7, 11) is -3.86. The van der Waals surface area contributed by atoms with Crippen LogP contribution in [0.1, 0.15) is 15.9 Å². The summed E-state index contributed by atoms with van der Waals surface area (Å²) < 4.78 is 37.0. The highest BCUT2D eigenvalue weighted by molar-refractivity contribution is 7.90. The van der Waals surface area contributed by atoms with E-state index in [1.807, 2.05) is 30.5 Å². The predicted octanol–water partition coefficient (Wildman–Crippen LogP) is 5.22. The van der Waals surface area contributed by atoms with Crippen molar-refractivity contribution in [3.8, 4) is 17.0 Å². The van der Waals surface area contributed by atoms with Gasteiger partial charge in [0.1, 0.15) is 5.75 Å². The van der Waals surface area contributed by atoms with Crippen LogP contribution in [0.25, 0.3) is 11.3 Å². The van der Waals surface area contributed by atoms with Crippen LogP contribution in [0.5, 0.6) is 5.75 Å². The van der Waals surface area contributed by atoms with Crippen molar-refractivity contribution in [2.24, 2.45) is 4.40 Å². The molecule has 0 saturated carbocycles. The number of hydrogen-bond donors (Lipinski definition) is 0. The van der Waals surface area contributed by atoms with Crippen LogP contribution in [0.15, 0.2) is 106 Å². The third-order valence-corrected chi connectivity index (χ3v) is 7.26. The van der Waals surface area contributed by atoms with Crippen molar-refractivity contribution >= 4 is 27.3 Å². The van der Waals surface area contributed by atoms with E-state index in [2.05, 4.69) is 11.0 Å². The Labute approximate surface area is 202 Å². The number of allylic oxidation sites excluding steroid dienone is 1. The van der Waals surface area contributed by atoms with E-state index in [9.17, 15) is 13.2 Å². The van der Waals surface area contributed by atoms with E-state index in [0.29, 0.717) is 22.7 Å². The number of esters is 1. The normalized spacial score (nSPS) is 11.9. The van der Waals surface area contributed by atoms with Crippen LogP contribution in [0.4, 0.5) is 0 Å². The number of carbonyl (C=O) groups is 1. The van der Waals surface area contributed by atoms with Crippen LogP contribution in [0, 0.1) is 6.92 Å². The van der Waals surface area contributed by atoms with Crippen LogP contribution < -0.4 is 9.54 Å². The summed E-state index contributed by atoms with van der Waals surface area (Å²) in [6.45, 7) is 6.06. The summed E-state index contributed by atoms with van der Waals surface area (Å²) in [4.78, 5) is 12.8. The molecule has 0 atom stereocenters. The molecule has 0 fully saturated rings. The van der Waals surface area contributed by atoms with Gasteiger partial charge in [0.15, 0.2) is 0 Å². The lowest BCUT2D eigenvalue weighted by Crippen LogP contribution is -2.17. The Kier molecular flexibility index (Phi) is 6.90. The summed E-state index contributed by atoms with van der Waals surface area (Å²) in [6, 6.07) is 22.4. The number of hydrogen-bond acceptors (Lipinski definition) is 5. The molecule has 0 radical (unpaired) electrons. The molecule has 4 aromatic rings. The minimum atomic E-state index is -3.86. The zero-order chi connectivity index (χ0) is 24.1. The zero-order valence-electron chi connectivity index (χ0n) is 18.4. The van der Waals surface area contributed by atoms with Gasteiger partial charge in [0.05, 0.1) is 16.2 Å². The highest BCUT2D eigenvalue weighted by Crippen LogP contribution is 2.24. The first-order valence-corrected chi connectivity index (χ1v) is 12.7. The van der Waals surface area contributed by atoms with Gasteiger partial charge >= 0.3 is 5.97 Å². The molecule has 0 spiro atoms. The number of nitrogens with zero attached hydrogens (tertiary/aromatic N) is 2. The van der Waals surface area contributed by atoms with E-state index in [4.69, 9.17) is 4.74 Å². The molecule has 34 heavy (non-hydrogen) atoms. The molecule has 4 rings (SSSR count). The van der Waals surface area contributed by atoms with Crippen molar-refractivity contribution in [1.82, 2.24) is 4.57 Å². The molecule has 0 amide bonds. The number of thiazole rings is 1. The zero-order valence-corrected chi connectivity index (χ0v) is 20.1. The van der Waals surface area contributed by atoms with Crippen molar-refractivity contribution < 1.29 is 17.9 Å². The molecule has 1 aromatic heterocycles. The van der Waals surface area contributed by atoms with Crippen LogP contribution >= 0.6 is 11.3 Å². The molecule has 0 saturated heterocycles. The third kappa shape index (κ3) is 5.24. The number of aromatic nitrogens is 1. The summed E-state index contributed by atoms with van der Waals surface area (Å²) in [6.07, 6.45) is 1.68. The highest BCUT2D eigenvalue weighted by atomic mass is 32.2. The Hall–Kier alpha value is -3.75. The van der Waals surface area contributed by atoms with Gasteiger partial charge in [-0.3, -0.25) is 0 Å². The van der Waals surface area contributed by atoms with Crippen molar-refractivity contribution in [3.63, 3.8) is 0 Å². The minimum absolute atomic E-state index is 0.141. The molecule has 6 nitrogen and oxygen atoms in total. The predicted molar refractivity (Wildman–Crippen MR) is 133 cm³/mol. The maximum absolute atomic E-state index is 12.8. The maximum Gasteiger partial charge on any atom is 0.343 e. The second-order valence-corrected chi connectivity index (χ2v) is 9.90. The number of sulfonamides is 1. The Morgan fingerprint density at radius 3 is 2.35 bits per heavy atom. The standard InChI is InChI=1S/C26H22N2O4S2/c1-3-17-28-24(18-33-26(28)27-34(30,31)23-15-9-19(2)10-16-23)20-11-13-22(14-12-20)32-25(29)21-7-5-4-6-8-21/h3-16,18H,1,17H2,2H3/b27-26+. The SMILES string of the molecule is C=CCn1c(-c2ccc(OC(=O)c3ccccc3)cc2)cs/c1=N/S(=O)(=O)c1ccc(C)cc1. The Morgan fingerprint density at radius 2 is 1.71 bits per heavy atom. The van der Waals surface area contributed by atoms with Crippen molar-refractivity contribution in [3.05, 3.63) is 113 Å². The lowest BCUT2D eigenvalue weighted by Gasteiger charge is -2.08. The summed E-state index contributed by atoms with van der Waals surface area (Å²) in [5.74, 6) is -0.0250. The lowest BCUT2D eigenvalue weighted by molar-refractivity contribution is 0.0734. The topological polar surface area (TPSA) is 77.7 Å². The molecule has 0 aliphatic heterocycles. The minimum Gasteiger partial charge on any atom is -0.423 e. The smallest absolute Gasteiger partial charge is 0.343 e. The number of ether oxygens (including phenoxy) is 1. The number of benzene rings is 3. The van der Waals surface area contributed by atoms with Crippen molar-refractivity contribution in [2.45, 2.75) is 18.4 Å². The molecule has 0 N–H and O–H groups in total. The van der Waals surface area contributed by atoms with Gasteiger partial charge in [0, 0.05) is 11.9 Å². The average molecular weight is 491 g/mol. The first-order chi connectivity index (χ1) is 16.4. The van der Waals surface area contributed by atoms with Gasteiger partial charge in [-0.15, -0.1) is 22.3 Å². The molecule has 172 valence electrons. The second-order valence-electron chi connectivity index (χ2n) is 7.46. The van der Waals surface area contributed by atoms with Crippen LogP contribution in [-0.4, -0.2) is 19.0 Å². The molecule has 8 heteroatoms. The van der Waals surface area contributed by atoms with Gasteiger partial charge in [-0.2, -0.15) is 8.42 Å². The van der Waals surface area contributed by atoms with Crippen molar-refractivity contribution in [1.29, 1.82) is 0 Å². The fraction of sp³-hybridized carbons (Fsp3) is 0.0769. The van der Waals surface area contributed by atoms with Gasteiger partial charge in [0.25, 0.3) is 10.0 Å². The van der Waals surface area contributed by atoms with Gasteiger partial charge in [-0.25, -0.2) is 4.79 Å². The first-order valence-electron chi connectivity index (χ1n) is 10.4. The highest BCUT2D eigenvalue weighted by Gasteiger charge is 2.15. The van der Waals surface area contributed by atoms with Crippen molar-refractivity contribution in [2.75, 3.05) is 0 Å². The largest absolute Gasteiger partial charge is 0.423 e. The van der Waals surface area contributed by atoms with Gasteiger partial charge in [-0.1, -0.05) is 42.0 Å². The third-order valence-electron chi connectivity index (χ3n) is 5.00. The van der Waals surface area contributed by atoms with Crippen LogP contribution in [-0.2, 0) is 16.6 Å². The molecule has 0 aliphatic carbocycles. The van der Waals surface area contributed by atoms with Gasteiger partial charge < -0.3 is 9.30 Å². The fourth-order valence-electron chi connectivity index (χ4n) is 3.24. The van der Waals surface area contributed by atoms with E-state index < -0.39 is 16.0 Å². The van der Waals surface area contributed by atoms with E-state index in [0.717, 1.165) is 16.8 Å². The molecule has 0 aliphatic rings. The van der Waals surface area contributed by atoms with E-state index in [1.54, 1.807) is 71.3 Å². The van der Waals surface area contributed by atoms with Crippen LogP contribution in [0.2, 0.25) is 0 Å². The first kappa shape index (κ1) is 23.4. The molecular formula is C26H22N2O4S2. The summed E-state index contributed by atoms with van der Waals surface area (Å²) in [5, 5.41) is 1.85. The second kappa shape index (κ2) is 10.0. The Bertz CT molecular complexity index is 1480. The molecule has 3 aromatic carbocycles.